The van der Waals surface area contributed by atoms with Crippen molar-refractivity contribution in [2.75, 3.05) is 0 Å². The summed E-state index contributed by atoms with van der Waals surface area (Å²) in [5.74, 6) is -1.71. The lowest BCUT2D eigenvalue weighted by Crippen LogP contribution is -2.63. The van der Waals surface area contributed by atoms with Crippen LogP contribution in [0.3, 0.4) is 0 Å². The monoisotopic (exact) mass is 290 g/mol. The summed E-state index contributed by atoms with van der Waals surface area (Å²) in [5, 5.41) is 39.9. The Bertz CT molecular complexity index is 514. The molecule has 0 spiro atoms. The second-order valence-corrected chi connectivity index (χ2v) is 4.17. The van der Waals surface area contributed by atoms with Gasteiger partial charge in [-0.05, 0) is 6.42 Å². The van der Waals surface area contributed by atoms with E-state index in [4.69, 9.17) is 11.5 Å². The van der Waals surface area contributed by atoms with Crippen LogP contribution in [0.4, 0.5) is 0 Å². The van der Waals surface area contributed by atoms with Crippen molar-refractivity contribution in [3.63, 3.8) is 0 Å². The largest absolute Gasteiger partial charge is 0.506 e. The van der Waals surface area contributed by atoms with Crippen molar-refractivity contribution in [2.24, 2.45) is 11.5 Å². The van der Waals surface area contributed by atoms with Gasteiger partial charge < -0.3 is 15.9 Å². The smallest absolute Gasteiger partial charge is 0.361 e. The van der Waals surface area contributed by atoms with E-state index in [1.54, 1.807) is 6.92 Å². The van der Waals surface area contributed by atoms with Crippen molar-refractivity contribution in [1.82, 2.24) is 0 Å². The van der Waals surface area contributed by atoms with E-state index in [2.05, 4.69) is 4.84 Å². The molecule has 0 saturated carbocycles. The lowest BCUT2D eigenvalue weighted by Gasteiger charge is -2.32. The third-order valence-corrected chi connectivity index (χ3v) is 2.90. The Morgan fingerprint density at radius 2 is 1.95 bits per heavy atom. The molecular weight excluding hydrogens is 276 g/mol. The van der Waals surface area contributed by atoms with E-state index in [1.807, 2.05) is 0 Å². The van der Waals surface area contributed by atoms with Gasteiger partial charge in [0.15, 0.2) is 5.76 Å². The molecular formula is C9H14N4O7. The number of hydrogen-bond acceptors (Lipinski definition) is 9. The normalized spacial score (nSPS) is 26.6. The van der Waals surface area contributed by atoms with Crippen LogP contribution in [0, 0.1) is 20.2 Å². The predicted molar refractivity (Wildman–Crippen MR) is 64.2 cm³/mol. The molecule has 112 valence electrons. The van der Waals surface area contributed by atoms with Crippen LogP contribution in [-0.2, 0) is 4.84 Å². The fraction of sp³-hybridized carbons (Fsp3) is 0.556. The van der Waals surface area contributed by atoms with Crippen LogP contribution in [0.2, 0.25) is 0 Å². The Kier molecular flexibility index (Phi) is 4.03. The number of aliphatic hydroxyl groups excluding tert-OH is 2. The minimum absolute atomic E-state index is 0.0519. The molecule has 0 radical (unpaired) electrons. The second-order valence-electron chi connectivity index (χ2n) is 4.17. The molecule has 1 aliphatic rings. The maximum Gasteiger partial charge on any atom is 0.361 e. The Hall–Kier alpha value is -2.56. The van der Waals surface area contributed by atoms with E-state index in [0.717, 1.165) is 0 Å². The Morgan fingerprint density at radius 1 is 1.40 bits per heavy atom. The van der Waals surface area contributed by atoms with Gasteiger partial charge in [-0.2, -0.15) is 0 Å². The van der Waals surface area contributed by atoms with Crippen molar-refractivity contribution >= 4 is 0 Å². The zero-order chi connectivity index (χ0) is 15.7. The summed E-state index contributed by atoms with van der Waals surface area (Å²) < 4.78 is 0. The molecule has 0 heterocycles. The van der Waals surface area contributed by atoms with Crippen LogP contribution in [0.25, 0.3) is 0 Å². The Balaban J connectivity index is 3.49. The molecule has 0 aromatic carbocycles. The lowest BCUT2D eigenvalue weighted by atomic mass is 9.87. The fourth-order valence-corrected chi connectivity index (χ4v) is 1.91. The van der Waals surface area contributed by atoms with Crippen molar-refractivity contribution in [2.45, 2.75) is 31.5 Å². The lowest BCUT2D eigenvalue weighted by molar-refractivity contribution is -0.780. The van der Waals surface area contributed by atoms with E-state index < -0.39 is 39.0 Å². The fourth-order valence-electron chi connectivity index (χ4n) is 1.91. The molecule has 11 heteroatoms. The molecule has 1 rings (SSSR count). The summed E-state index contributed by atoms with van der Waals surface area (Å²) in [5.41, 5.74) is 7.14. The highest BCUT2D eigenvalue weighted by atomic mass is 17.0. The Labute approximate surface area is 112 Å². The maximum absolute atomic E-state index is 11.1. The third kappa shape index (κ3) is 2.18. The van der Waals surface area contributed by atoms with Gasteiger partial charge in [0, 0.05) is 5.57 Å². The summed E-state index contributed by atoms with van der Waals surface area (Å²) >= 11 is 0. The summed E-state index contributed by atoms with van der Waals surface area (Å²) in [6, 6.07) is 0. The molecule has 0 fully saturated rings. The quantitative estimate of drug-likeness (QED) is 0.303. The standard InChI is InChI=1S/C9H14N4O7/c1-2-3-4-6(14)5(10)8(20-13(18)19)9(11,7(4)15)12(16)17/h8,14-15H,2-3,10-11H2,1H3. The predicted octanol–water partition coefficient (Wildman–Crippen LogP) is -0.151. The highest BCUT2D eigenvalue weighted by molar-refractivity contribution is 5.42. The zero-order valence-corrected chi connectivity index (χ0v) is 10.5. The topological polar surface area (TPSA) is 188 Å². The number of allylic oxidation sites excluding steroid dienone is 1. The number of nitrogens with two attached hydrogens (primary N) is 2. The molecule has 0 bridgehead atoms. The molecule has 2 unspecified atom stereocenters. The number of aliphatic hydroxyl groups is 2. The van der Waals surface area contributed by atoms with Crippen LogP contribution >= 0.6 is 0 Å². The molecule has 0 saturated heterocycles. The first-order valence-corrected chi connectivity index (χ1v) is 5.53. The van der Waals surface area contributed by atoms with E-state index in [9.17, 15) is 30.4 Å². The van der Waals surface area contributed by atoms with Crippen molar-refractivity contribution in [3.05, 3.63) is 43.0 Å². The van der Waals surface area contributed by atoms with Gasteiger partial charge in [0.25, 0.3) is 5.09 Å². The van der Waals surface area contributed by atoms with Crippen LogP contribution < -0.4 is 11.5 Å². The molecule has 0 amide bonds. The van der Waals surface area contributed by atoms with Crippen LogP contribution in [0.1, 0.15) is 19.8 Å². The van der Waals surface area contributed by atoms with Crippen molar-refractivity contribution < 1.29 is 25.1 Å². The first-order valence-electron chi connectivity index (χ1n) is 5.53. The maximum atomic E-state index is 11.1. The van der Waals surface area contributed by atoms with Crippen molar-refractivity contribution in [3.8, 4) is 0 Å². The van der Waals surface area contributed by atoms with Crippen LogP contribution in [-0.4, -0.2) is 32.0 Å². The SMILES string of the molecule is CCCC1=C(O)C(N)([N+](=O)[O-])C(O[N+](=O)[O-])C(N)=C1O. The molecule has 1 aliphatic carbocycles. The van der Waals surface area contributed by atoms with Gasteiger partial charge in [-0.25, -0.2) is 0 Å². The number of nitrogens with zero attached hydrogens (tertiary/aromatic N) is 2. The zero-order valence-electron chi connectivity index (χ0n) is 10.5. The molecule has 0 aromatic heterocycles. The highest BCUT2D eigenvalue weighted by Crippen LogP contribution is 2.36. The molecule has 11 nitrogen and oxygen atoms in total. The number of hydrogen-bond donors (Lipinski definition) is 4. The average molecular weight is 290 g/mol. The second kappa shape index (κ2) is 5.21. The van der Waals surface area contributed by atoms with Gasteiger partial charge in [0.1, 0.15) is 5.76 Å². The minimum atomic E-state index is -2.84. The van der Waals surface area contributed by atoms with Gasteiger partial charge in [-0.3, -0.25) is 20.7 Å². The summed E-state index contributed by atoms with van der Waals surface area (Å²) in [7, 11) is 0. The highest BCUT2D eigenvalue weighted by Gasteiger charge is 2.59. The molecule has 0 aromatic rings. The summed E-state index contributed by atoms with van der Waals surface area (Å²) in [6.07, 6.45) is -1.66. The van der Waals surface area contributed by atoms with Gasteiger partial charge in [-0.15, -0.1) is 10.1 Å². The van der Waals surface area contributed by atoms with E-state index in [-0.39, 0.29) is 12.0 Å². The van der Waals surface area contributed by atoms with Gasteiger partial charge in [-0.1, -0.05) is 13.3 Å². The minimum Gasteiger partial charge on any atom is -0.506 e. The first kappa shape index (κ1) is 15.5. The first-order chi connectivity index (χ1) is 9.17. The van der Waals surface area contributed by atoms with E-state index in [0.29, 0.717) is 6.42 Å². The molecule has 0 aliphatic heterocycles. The molecule has 6 N–H and O–H groups in total. The van der Waals surface area contributed by atoms with E-state index in [1.165, 1.54) is 0 Å². The van der Waals surface area contributed by atoms with Crippen molar-refractivity contribution in [1.29, 1.82) is 0 Å². The average Bonchev–Trinajstić information content (AvgIpc) is 2.37. The molecule has 20 heavy (non-hydrogen) atoms. The third-order valence-electron chi connectivity index (χ3n) is 2.90. The number of nitro groups is 1. The Morgan fingerprint density at radius 3 is 2.35 bits per heavy atom. The number of rotatable bonds is 5. The molecule has 2 atom stereocenters. The van der Waals surface area contributed by atoms with Gasteiger partial charge >= 0.3 is 5.66 Å². The van der Waals surface area contributed by atoms with Crippen LogP contribution in [0.15, 0.2) is 22.8 Å². The van der Waals surface area contributed by atoms with Gasteiger partial charge in [0.2, 0.25) is 6.10 Å². The van der Waals surface area contributed by atoms with Gasteiger partial charge in [0.05, 0.1) is 10.6 Å². The summed E-state index contributed by atoms with van der Waals surface area (Å²) in [6.45, 7) is 1.69. The summed E-state index contributed by atoms with van der Waals surface area (Å²) in [4.78, 5) is 24.4. The van der Waals surface area contributed by atoms with E-state index >= 15 is 0 Å². The van der Waals surface area contributed by atoms with Crippen LogP contribution in [0.5, 0.6) is 0 Å².